The van der Waals surface area contributed by atoms with Gasteiger partial charge in [0.1, 0.15) is 11.9 Å². The number of aromatic nitrogens is 3. The maximum atomic E-state index is 12.6. The van der Waals surface area contributed by atoms with Crippen LogP contribution in [0, 0.1) is 5.92 Å². The zero-order chi connectivity index (χ0) is 23.5. The Morgan fingerprint density at radius 3 is 2.34 bits per heavy atom. The lowest BCUT2D eigenvalue weighted by Gasteiger charge is -2.32. The van der Waals surface area contributed by atoms with Crippen LogP contribution in [-0.2, 0) is 16.3 Å². The van der Waals surface area contributed by atoms with Crippen molar-refractivity contribution < 1.29 is 30.6 Å². The van der Waals surface area contributed by atoms with Gasteiger partial charge < -0.3 is 9.64 Å². The number of ether oxygens (including phenoxy) is 1. The Morgan fingerprint density at radius 1 is 1.16 bits per heavy atom. The van der Waals surface area contributed by atoms with E-state index in [0.29, 0.717) is 30.7 Å². The van der Waals surface area contributed by atoms with Crippen LogP contribution in [0.15, 0.2) is 35.5 Å². The van der Waals surface area contributed by atoms with Crippen LogP contribution in [0.5, 0.6) is 5.75 Å². The molecule has 32 heavy (non-hydrogen) atoms. The maximum absolute atomic E-state index is 12.6. The van der Waals surface area contributed by atoms with Gasteiger partial charge in [0, 0.05) is 44.4 Å². The highest BCUT2D eigenvalue weighted by atomic mass is 32.2. The molecule has 0 aromatic carbocycles. The summed E-state index contributed by atoms with van der Waals surface area (Å²) in [6.45, 7) is 4.33. The van der Waals surface area contributed by atoms with Crippen LogP contribution >= 0.6 is 0 Å². The third kappa shape index (κ3) is 6.34. The first kappa shape index (κ1) is 23.8. The number of rotatable bonds is 7. The molecule has 1 aliphatic rings. The first-order chi connectivity index (χ1) is 14.9. The van der Waals surface area contributed by atoms with Crippen molar-refractivity contribution in [3.63, 3.8) is 0 Å². The second-order valence-corrected chi connectivity index (χ2v) is 9.39. The van der Waals surface area contributed by atoms with Gasteiger partial charge in [-0.05, 0) is 12.0 Å². The van der Waals surface area contributed by atoms with Gasteiger partial charge in [-0.3, -0.25) is 9.08 Å². The number of anilines is 1. The van der Waals surface area contributed by atoms with Gasteiger partial charge in [0.25, 0.3) is 5.56 Å². The minimum atomic E-state index is -4.49. The van der Waals surface area contributed by atoms with Gasteiger partial charge >= 0.3 is 16.3 Å². The molecule has 13 heteroatoms. The molecule has 0 N–H and O–H groups in total. The summed E-state index contributed by atoms with van der Waals surface area (Å²) in [7, 11) is -3.94. The van der Waals surface area contributed by atoms with E-state index in [9.17, 15) is 26.4 Å². The summed E-state index contributed by atoms with van der Waals surface area (Å²) < 4.78 is 73.3. The third-order valence-electron chi connectivity index (χ3n) is 4.58. The van der Waals surface area contributed by atoms with Gasteiger partial charge in [-0.15, -0.1) is 4.73 Å². The van der Waals surface area contributed by atoms with Gasteiger partial charge in [-0.2, -0.15) is 21.6 Å². The number of hydrogen-bond donors (Lipinski definition) is 0. The third-order valence-corrected chi connectivity index (χ3v) is 6.04. The van der Waals surface area contributed by atoms with E-state index in [1.807, 2.05) is 0 Å². The fraction of sp³-hybridized carbons (Fsp3) is 0.526. The molecule has 3 rings (SSSR count). The molecule has 176 valence electrons. The molecule has 2 aromatic heterocycles. The molecular formula is C19H23F3N4O5S. The molecule has 0 bridgehead atoms. The van der Waals surface area contributed by atoms with Crippen molar-refractivity contribution in [2.24, 2.45) is 5.92 Å². The fourth-order valence-electron chi connectivity index (χ4n) is 3.14. The molecule has 0 saturated carbocycles. The first-order valence-corrected chi connectivity index (χ1v) is 11.5. The summed E-state index contributed by atoms with van der Waals surface area (Å²) in [5.41, 5.74) is -1.56. The molecule has 0 spiro atoms. The van der Waals surface area contributed by atoms with E-state index in [2.05, 4.69) is 9.97 Å². The van der Waals surface area contributed by atoms with Gasteiger partial charge in [-0.1, -0.05) is 13.8 Å². The van der Waals surface area contributed by atoms with Crippen LogP contribution < -0.4 is 19.5 Å². The van der Waals surface area contributed by atoms with E-state index in [1.165, 1.54) is 12.3 Å². The predicted octanol–water partition coefficient (Wildman–Crippen LogP) is 2.12. The lowest BCUT2D eigenvalue weighted by atomic mass is 10.1. The monoisotopic (exact) mass is 476 g/mol. The Hall–Kier alpha value is -2.83. The summed E-state index contributed by atoms with van der Waals surface area (Å²) in [6, 6.07) is 2.56. The summed E-state index contributed by atoms with van der Waals surface area (Å²) in [6.07, 6.45) is -1.02. The second-order valence-electron chi connectivity index (χ2n) is 7.80. The highest BCUT2D eigenvalue weighted by molar-refractivity contribution is 7.86. The maximum Gasteiger partial charge on any atom is 0.419 e. The van der Waals surface area contributed by atoms with E-state index < -0.39 is 27.4 Å². The minimum Gasteiger partial charge on any atom is -0.489 e. The summed E-state index contributed by atoms with van der Waals surface area (Å²) in [4.78, 5) is 21.3. The minimum absolute atomic E-state index is 0.172. The Morgan fingerprint density at radius 2 is 1.78 bits per heavy atom. The van der Waals surface area contributed by atoms with Crippen LogP contribution in [0.3, 0.4) is 0 Å². The molecule has 0 aliphatic carbocycles. The standard InChI is InChI=1S/C19H23F3N4O5S/c1-13(2)12-32(28,29)31-26-11-16(3-4-17(26)27)30-15-5-7-25(8-6-15)18-23-9-14(10-24-18)19(20,21)22/h3-4,9-11,13,15H,5-8,12H2,1-2H3. The first-order valence-electron chi connectivity index (χ1n) is 9.89. The average molecular weight is 476 g/mol. The molecule has 0 unspecified atom stereocenters. The van der Waals surface area contributed by atoms with Gasteiger partial charge in [0.2, 0.25) is 5.95 Å². The zero-order valence-corrected chi connectivity index (χ0v) is 18.3. The Kier molecular flexibility index (Phi) is 6.96. The fourth-order valence-corrected chi connectivity index (χ4v) is 4.37. The van der Waals surface area contributed by atoms with E-state index in [1.54, 1.807) is 18.7 Å². The molecule has 0 amide bonds. The number of hydrogen-bond acceptors (Lipinski definition) is 8. The Balaban J connectivity index is 1.60. The number of nitrogens with zero attached hydrogens (tertiary/aromatic N) is 4. The quantitative estimate of drug-likeness (QED) is 0.599. The van der Waals surface area contributed by atoms with E-state index in [0.717, 1.165) is 18.5 Å². The van der Waals surface area contributed by atoms with Gasteiger partial charge in [-0.25, -0.2) is 9.97 Å². The van der Waals surface area contributed by atoms with E-state index in [-0.39, 0.29) is 29.5 Å². The molecule has 2 aromatic rings. The number of alkyl halides is 3. The second kappa shape index (κ2) is 9.35. The van der Waals surface area contributed by atoms with Crippen molar-refractivity contribution >= 4 is 16.1 Å². The molecule has 0 radical (unpaired) electrons. The molecule has 1 fully saturated rings. The number of pyridine rings is 1. The van der Waals surface area contributed by atoms with E-state index >= 15 is 0 Å². The Bertz CT molecular complexity index is 1080. The van der Waals surface area contributed by atoms with Crippen LogP contribution in [0.25, 0.3) is 0 Å². The van der Waals surface area contributed by atoms with Crippen molar-refractivity contribution in [3.05, 3.63) is 46.6 Å². The van der Waals surface area contributed by atoms with E-state index in [4.69, 9.17) is 9.02 Å². The van der Waals surface area contributed by atoms with Gasteiger partial charge in [0.05, 0.1) is 17.5 Å². The molecule has 3 heterocycles. The normalized spacial score (nSPS) is 15.8. The van der Waals surface area contributed by atoms with Crippen LogP contribution in [-0.4, -0.2) is 48.1 Å². The number of piperidine rings is 1. The topological polar surface area (TPSA) is 104 Å². The molecule has 9 nitrogen and oxygen atoms in total. The molecule has 0 atom stereocenters. The van der Waals surface area contributed by atoms with Crippen LogP contribution in [0.4, 0.5) is 19.1 Å². The zero-order valence-electron chi connectivity index (χ0n) is 17.4. The smallest absolute Gasteiger partial charge is 0.419 e. The highest BCUT2D eigenvalue weighted by Crippen LogP contribution is 2.29. The summed E-state index contributed by atoms with van der Waals surface area (Å²) >= 11 is 0. The van der Waals surface area contributed by atoms with Crippen LogP contribution in [0.1, 0.15) is 32.3 Å². The lowest BCUT2D eigenvalue weighted by molar-refractivity contribution is -0.138. The van der Waals surface area contributed by atoms with Crippen LogP contribution in [0.2, 0.25) is 0 Å². The average Bonchev–Trinajstić information content (AvgIpc) is 2.69. The van der Waals surface area contributed by atoms with Crippen molar-refractivity contribution in [2.75, 3.05) is 23.7 Å². The van der Waals surface area contributed by atoms with Crippen molar-refractivity contribution in [1.29, 1.82) is 0 Å². The summed E-state index contributed by atoms with van der Waals surface area (Å²) in [5, 5.41) is 0. The predicted molar refractivity (Wildman–Crippen MR) is 109 cm³/mol. The van der Waals surface area contributed by atoms with Crippen molar-refractivity contribution in [2.45, 2.75) is 39.0 Å². The largest absolute Gasteiger partial charge is 0.489 e. The summed E-state index contributed by atoms with van der Waals surface area (Å²) in [5.74, 6) is 0.0472. The number of halogens is 3. The molecular weight excluding hydrogens is 453 g/mol. The lowest BCUT2D eigenvalue weighted by Crippen LogP contribution is -2.39. The highest BCUT2D eigenvalue weighted by Gasteiger charge is 2.32. The molecule has 1 aliphatic heterocycles. The van der Waals surface area contributed by atoms with Gasteiger partial charge in [0.15, 0.2) is 0 Å². The SMILES string of the molecule is CC(C)CS(=O)(=O)On1cc(OC2CCN(c3ncc(C(F)(F)F)cn3)CC2)ccc1=O. The van der Waals surface area contributed by atoms with Crippen molar-refractivity contribution in [3.8, 4) is 5.75 Å². The Labute approximate surface area is 182 Å². The molecule has 1 saturated heterocycles. The van der Waals surface area contributed by atoms with Crippen molar-refractivity contribution in [1.82, 2.24) is 14.7 Å².